The van der Waals surface area contributed by atoms with Crippen LogP contribution >= 0.6 is 0 Å². The molecule has 26 heavy (non-hydrogen) atoms. The molecule has 0 bridgehead atoms. The van der Waals surface area contributed by atoms with E-state index in [9.17, 15) is 4.79 Å². The van der Waals surface area contributed by atoms with Gasteiger partial charge in [-0.1, -0.05) is 37.2 Å². The predicted molar refractivity (Wildman–Crippen MR) is 95.2 cm³/mol. The Labute approximate surface area is 151 Å². The number of benzene rings is 1. The minimum absolute atomic E-state index is 0.0675. The van der Waals surface area contributed by atoms with Gasteiger partial charge >= 0.3 is 0 Å². The van der Waals surface area contributed by atoms with Crippen LogP contribution in [0.15, 0.2) is 59.4 Å². The van der Waals surface area contributed by atoms with Crippen LogP contribution in [0.3, 0.4) is 0 Å². The van der Waals surface area contributed by atoms with Gasteiger partial charge in [0.2, 0.25) is 11.7 Å². The first-order valence-electron chi connectivity index (χ1n) is 8.34. The van der Waals surface area contributed by atoms with Crippen LogP contribution in [-0.2, 0) is 4.79 Å². The monoisotopic (exact) mass is 352 g/mol. The number of nitrogens with one attached hydrogen (secondary N) is 1. The van der Waals surface area contributed by atoms with Crippen molar-refractivity contribution in [2.45, 2.75) is 19.9 Å². The molecule has 0 saturated heterocycles. The number of amides is 1. The minimum atomic E-state index is -0.403. The number of carbonyl (C=O) groups excluding carboxylic acids is 1. The first-order valence-corrected chi connectivity index (χ1v) is 8.34. The second-order valence-electron chi connectivity index (χ2n) is 6.09. The summed E-state index contributed by atoms with van der Waals surface area (Å²) in [6.07, 6.45) is 3.33. The zero-order valence-electron chi connectivity index (χ0n) is 14.6. The fourth-order valence-electron chi connectivity index (χ4n) is 2.37. The fourth-order valence-corrected chi connectivity index (χ4v) is 2.37. The van der Waals surface area contributed by atoms with E-state index < -0.39 is 6.04 Å². The molecule has 1 amide bonds. The van der Waals surface area contributed by atoms with Gasteiger partial charge in [-0.15, -0.1) is 0 Å². The number of rotatable bonds is 7. The molecule has 3 aromatic rings. The van der Waals surface area contributed by atoms with Crippen LogP contribution in [0.2, 0.25) is 0 Å². The number of pyridine rings is 1. The number of nitrogens with zero attached hydrogens (tertiary/aromatic N) is 3. The summed E-state index contributed by atoms with van der Waals surface area (Å²) in [5.41, 5.74) is 0.753. The topological polar surface area (TPSA) is 90.1 Å². The zero-order valence-corrected chi connectivity index (χ0v) is 14.6. The molecule has 1 N–H and O–H groups in total. The SMILES string of the molecule is CC(C)C(NC(=O)COc1ccccc1)c1nc(-c2cccnc2)no1. The van der Waals surface area contributed by atoms with Crippen molar-refractivity contribution in [1.29, 1.82) is 0 Å². The van der Waals surface area contributed by atoms with Crippen LogP contribution in [0.5, 0.6) is 5.75 Å². The van der Waals surface area contributed by atoms with E-state index in [2.05, 4.69) is 20.4 Å². The molecule has 2 aromatic heterocycles. The third kappa shape index (κ3) is 4.44. The van der Waals surface area contributed by atoms with Crippen LogP contribution in [0, 0.1) is 5.92 Å². The quantitative estimate of drug-likeness (QED) is 0.703. The van der Waals surface area contributed by atoms with E-state index in [-0.39, 0.29) is 18.4 Å². The van der Waals surface area contributed by atoms with Crippen molar-refractivity contribution in [2.24, 2.45) is 5.92 Å². The Morgan fingerprint density at radius 2 is 2.00 bits per heavy atom. The molecule has 2 heterocycles. The highest BCUT2D eigenvalue weighted by Crippen LogP contribution is 2.23. The molecule has 0 radical (unpaired) electrons. The van der Waals surface area contributed by atoms with E-state index in [0.29, 0.717) is 17.5 Å². The zero-order chi connectivity index (χ0) is 18.4. The molecule has 1 atom stereocenters. The van der Waals surface area contributed by atoms with E-state index in [1.807, 2.05) is 38.1 Å². The lowest BCUT2D eigenvalue weighted by Crippen LogP contribution is -2.35. The van der Waals surface area contributed by atoms with Crippen LogP contribution < -0.4 is 10.1 Å². The van der Waals surface area contributed by atoms with E-state index in [1.165, 1.54) is 0 Å². The lowest BCUT2D eigenvalue weighted by Gasteiger charge is -2.18. The summed E-state index contributed by atoms with van der Waals surface area (Å²) >= 11 is 0. The Morgan fingerprint density at radius 1 is 1.19 bits per heavy atom. The van der Waals surface area contributed by atoms with Gasteiger partial charge in [0.15, 0.2) is 6.61 Å². The molecule has 1 unspecified atom stereocenters. The van der Waals surface area contributed by atoms with Crippen molar-refractivity contribution in [2.75, 3.05) is 6.61 Å². The largest absolute Gasteiger partial charge is 0.484 e. The van der Waals surface area contributed by atoms with Crippen molar-refractivity contribution in [3.63, 3.8) is 0 Å². The molecule has 0 aliphatic rings. The van der Waals surface area contributed by atoms with Crippen LogP contribution in [0.25, 0.3) is 11.4 Å². The van der Waals surface area contributed by atoms with E-state index >= 15 is 0 Å². The van der Waals surface area contributed by atoms with Gasteiger partial charge in [0.05, 0.1) is 0 Å². The van der Waals surface area contributed by atoms with Gasteiger partial charge in [-0.25, -0.2) is 0 Å². The number of aromatic nitrogens is 3. The molecule has 134 valence electrons. The average molecular weight is 352 g/mol. The predicted octanol–water partition coefficient (Wildman–Crippen LogP) is 3.02. The number of carbonyl (C=O) groups is 1. The molecule has 1 aromatic carbocycles. The second kappa shape index (κ2) is 8.24. The highest BCUT2D eigenvalue weighted by Gasteiger charge is 2.25. The molecule has 3 rings (SSSR count). The highest BCUT2D eigenvalue weighted by atomic mass is 16.5. The minimum Gasteiger partial charge on any atom is -0.484 e. The Hall–Kier alpha value is -3.22. The standard InChI is InChI=1S/C19H20N4O3/c1-13(2)17(21-16(24)12-25-15-8-4-3-5-9-15)19-22-18(23-26-19)14-7-6-10-20-11-14/h3-11,13,17H,12H2,1-2H3,(H,21,24). The van der Waals surface area contributed by atoms with E-state index in [4.69, 9.17) is 9.26 Å². The lowest BCUT2D eigenvalue weighted by atomic mass is 10.0. The molecule has 0 aliphatic heterocycles. The van der Waals surface area contributed by atoms with Gasteiger partial charge in [0, 0.05) is 18.0 Å². The Morgan fingerprint density at radius 3 is 2.69 bits per heavy atom. The summed E-state index contributed by atoms with van der Waals surface area (Å²) in [6, 6.07) is 12.4. The number of ether oxygens (including phenoxy) is 1. The maximum atomic E-state index is 12.2. The normalized spacial score (nSPS) is 12.0. The highest BCUT2D eigenvalue weighted by molar-refractivity contribution is 5.78. The van der Waals surface area contributed by atoms with Gasteiger partial charge in [-0.05, 0) is 30.2 Å². The summed E-state index contributed by atoms with van der Waals surface area (Å²) in [4.78, 5) is 20.7. The van der Waals surface area contributed by atoms with Crippen molar-refractivity contribution in [1.82, 2.24) is 20.4 Å². The van der Waals surface area contributed by atoms with Gasteiger partial charge in [-0.3, -0.25) is 9.78 Å². The number of hydrogen-bond donors (Lipinski definition) is 1. The summed E-state index contributed by atoms with van der Waals surface area (Å²) in [6.45, 7) is 3.85. The van der Waals surface area contributed by atoms with Gasteiger partial charge in [0.25, 0.3) is 5.91 Å². The molecule has 0 saturated carbocycles. The molecule has 7 heteroatoms. The third-order valence-corrected chi connectivity index (χ3v) is 3.72. The van der Waals surface area contributed by atoms with Gasteiger partial charge in [0.1, 0.15) is 11.8 Å². The maximum Gasteiger partial charge on any atom is 0.258 e. The molecule has 7 nitrogen and oxygen atoms in total. The van der Waals surface area contributed by atoms with Gasteiger partial charge in [-0.2, -0.15) is 4.98 Å². The molecular weight excluding hydrogens is 332 g/mol. The summed E-state index contributed by atoms with van der Waals surface area (Å²) < 4.78 is 10.8. The van der Waals surface area contributed by atoms with Crippen LogP contribution in [-0.4, -0.2) is 27.6 Å². The fraction of sp³-hybridized carbons (Fsp3) is 0.263. The maximum absolute atomic E-state index is 12.2. The van der Waals surface area contributed by atoms with Gasteiger partial charge < -0.3 is 14.6 Å². The molecule has 0 spiro atoms. The van der Waals surface area contributed by atoms with E-state index in [1.54, 1.807) is 30.6 Å². The average Bonchev–Trinajstić information content (AvgIpc) is 3.15. The summed E-state index contributed by atoms with van der Waals surface area (Å²) in [5, 5.41) is 6.87. The van der Waals surface area contributed by atoms with Crippen molar-refractivity contribution in [3.8, 4) is 17.1 Å². The van der Waals surface area contributed by atoms with Crippen LogP contribution in [0.4, 0.5) is 0 Å². The Balaban J connectivity index is 1.66. The molecule has 0 fully saturated rings. The van der Waals surface area contributed by atoms with Crippen molar-refractivity contribution in [3.05, 3.63) is 60.7 Å². The van der Waals surface area contributed by atoms with E-state index in [0.717, 1.165) is 5.56 Å². The number of para-hydroxylation sites is 1. The smallest absolute Gasteiger partial charge is 0.258 e. The Bertz CT molecular complexity index is 834. The second-order valence-corrected chi connectivity index (χ2v) is 6.09. The van der Waals surface area contributed by atoms with Crippen molar-refractivity contribution >= 4 is 5.91 Å². The first kappa shape index (κ1) is 17.6. The summed E-state index contributed by atoms with van der Waals surface area (Å²) in [5.74, 6) is 1.24. The van der Waals surface area contributed by atoms with Crippen LogP contribution in [0.1, 0.15) is 25.8 Å². The number of hydrogen-bond acceptors (Lipinski definition) is 6. The summed E-state index contributed by atoms with van der Waals surface area (Å²) in [7, 11) is 0. The lowest BCUT2D eigenvalue weighted by molar-refractivity contribution is -0.124. The Kier molecular flexibility index (Phi) is 5.58. The first-order chi connectivity index (χ1) is 12.6. The third-order valence-electron chi connectivity index (χ3n) is 3.72. The molecule has 0 aliphatic carbocycles. The molecular formula is C19H20N4O3. The van der Waals surface area contributed by atoms with Crippen molar-refractivity contribution < 1.29 is 14.1 Å².